The Hall–Kier alpha value is -1.84. The number of carboxylic acids is 1. The average molecular weight is 294 g/mol. The average Bonchev–Trinajstić information content (AvgIpc) is 2.40. The lowest BCUT2D eigenvalue weighted by Crippen LogP contribution is -1.95. The molecule has 2 rings (SSSR count). The van der Waals surface area contributed by atoms with Crippen LogP contribution in [-0.2, 0) is 0 Å². The zero-order valence-electron chi connectivity index (χ0n) is 9.68. The van der Waals surface area contributed by atoms with Crippen LogP contribution in [-0.4, -0.2) is 17.3 Å². The number of aromatic carboxylic acids is 1. The molecule has 2 aromatic carbocycles. The molecule has 0 saturated carbocycles. The molecule has 0 spiro atoms. The molecule has 5 heteroatoms. The molecule has 0 aliphatic rings. The van der Waals surface area contributed by atoms with Crippen molar-refractivity contribution in [3.8, 4) is 0 Å². The molecule has 3 nitrogen and oxygen atoms in total. The summed E-state index contributed by atoms with van der Waals surface area (Å²) in [4.78, 5) is 14.9. The number of carboxylic acid groups (broad SMARTS) is 1. The molecule has 0 unspecified atom stereocenters. The summed E-state index contributed by atoms with van der Waals surface area (Å²) in [7, 11) is 0. The maximum absolute atomic E-state index is 10.7. The van der Waals surface area contributed by atoms with Crippen LogP contribution in [0.1, 0.15) is 15.9 Å². The normalized spacial score (nSPS) is 10.8. The lowest BCUT2D eigenvalue weighted by molar-refractivity contribution is 0.0697. The third kappa shape index (κ3) is 3.56. The second kappa shape index (κ2) is 5.87. The smallest absolute Gasteiger partial charge is 0.335 e. The van der Waals surface area contributed by atoms with Gasteiger partial charge in [0.2, 0.25) is 0 Å². The predicted octanol–water partition coefficient (Wildman–Crippen LogP) is 4.44. The van der Waals surface area contributed by atoms with Gasteiger partial charge in [0.15, 0.2) is 0 Å². The summed E-state index contributed by atoms with van der Waals surface area (Å²) in [5, 5.41) is 9.70. The van der Waals surface area contributed by atoms with E-state index < -0.39 is 5.97 Å². The minimum Gasteiger partial charge on any atom is -0.478 e. The van der Waals surface area contributed by atoms with Crippen LogP contribution in [0, 0.1) is 0 Å². The summed E-state index contributed by atoms with van der Waals surface area (Å²) in [6, 6.07) is 11.5. The van der Waals surface area contributed by atoms with E-state index in [-0.39, 0.29) is 5.56 Å². The maximum Gasteiger partial charge on any atom is 0.335 e. The fourth-order valence-corrected chi connectivity index (χ4v) is 1.72. The number of rotatable bonds is 3. The second-order valence-electron chi connectivity index (χ2n) is 3.78. The van der Waals surface area contributed by atoms with Crippen LogP contribution < -0.4 is 0 Å². The first-order valence-electron chi connectivity index (χ1n) is 5.39. The molecule has 2 aromatic rings. The molecular weight excluding hydrogens is 285 g/mol. The minimum atomic E-state index is -0.951. The zero-order valence-corrected chi connectivity index (χ0v) is 11.2. The van der Waals surface area contributed by atoms with Crippen molar-refractivity contribution in [1.82, 2.24) is 0 Å². The summed E-state index contributed by atoms with van der Waals surface area (Å²) in [5.41, 5.74) is 1.72. The summed E-state index contributed by atoms with van der Waals surface area (Å²) in [6.45, 7) is 0. The number of hydrogen-bond acceptors (Lipinski definition) is 2. The molecule has 0 fully saturated rings. The van der Waals surface area contributed by atoms with Crippen molar-refractivity contribution in [2.24, 2.45) is 4.99 Å². The van der Waals surface area contributed by atoms with Crippen molar-refractivity contribution in [2.75, 3.05) is 0 Å². The van der Waals surface area contributed by atoms with Crippen LogP contribution in [0.3, 0.4) is 0 Å². The fraction of sp³-hybridized carbons (Fsp3) is 0. The first-order chi connectivity index (χ1) is 9.06. The van der Waals surface area contributed by atoms with Crippen LogP contribution >= 0.6 is 23.2 Å². The molecule has 0 heterocycles. The Balaban J connectivity index is 2.17. The number of benzene rings is 2. The van der Waals surface area contributed by atoms with Gasteiger partial charge in [-0.2, -0.15) is 0 Å². The third-order valence-electron chi connectivity index (χ3n) is 2.42. The molecule has 0 aliphatic heterocycles. The van der Waals surface area contributed by atoms with Crippen LogP contribution in [0.4, 0.5) is 5.69 Å². The molecule has 0 atom stereocenters. The second-order valence-corrected chi connectivity index (χ2v) is 4.60. The van der Waals surface area contributed by atoms with Gasteiger partial charge in [-0.1, -0.05) is 35.3 Å². The van der Waals surface area contributed by atoms with E-state index in [4.69, 9.17) is 28.3 Å². The Bertz CT molecular complexity index is 636. The Labute approximate surface area is 120 Å². The van der Waals surface area contributed by atoms with Gasteiger partial charge in [-0.3, -0.25) is 4.99 Å². The highest BCUT2D eigenvalue weighted by atomic mass is 35.5. The van der Waals surface area contributed by atoms with E-state index in [0.29, 0.717) is 15.7 Å². The summed E-state index contributed by atoms with van der Waals surface area (Å²) in [6.07, 6.45) is 1.63. The predicted molar refractivity (Wildman–Crippen MR) is 77.1 cm³/mol. The minimum absolute atomic E-state index is 0.242. The lowest BCUT2D eigenvalue weighted by Gasteiger charge is -1.98. The highest BCUT2D eigenvalue weighted by Crippen LogP contribution is 2.26. The van der Waals surface area contributed by atoms with Gasteiger partial charge in [-0.15, -0.1) is 0 Å². The standard InChI is InChI=1S/C14H9Cl2NO2/c15-12-6-5-11(7-13(12)16)17-8-9-1-3-10(4-2-9)14(18)19/h1-8H,(H,18,19)/b17-8+. The van der Waals surface area contributed by atoms with Crippen molar-refractivity contribution >= 4 is 41.1 Å². The molecule has 0 bridgehead atoms. The largest absolute Gasteiger partial charge is 0.478 e. The number of halogens is 2. The lowest BCUT2D eigenvalue weighted by atomic mass is 10.1. The first kappa shape index (κ1) is 13.6. The topological polar surface area (TPSA) is 49.7 Å². The van der Waals surface area contributed by atoms with E-state index in [9.17, 15) is 4.79 Å². The van der Waals surface area contributed by atoms with Crippen LogP contribution in [0.15, 0.2) is 47.5 Å². The monoisotopic (exact) mass is 293 g/mol. The third-order valence-corrected chi connectivity index (χ3v) is 3.16. The van der Waals surface area contributed by atoms with Gasteiger partial charge in [0.25, 0.3) is 0 Å². The molecule has 0 saturated heterocycles. The van der Waals surface area contributed by atoms with Gasteiger partial charge in [-0.25, -0.2) is 4.79 Å². The van der Waals surface area contributed by atoms with E-state index in [1.165, 1.54) is 12.1 Å². The number of hydrogen-bond donors (Lipinski definition) is 1. The summed E-state index contributed by atoms with van der Waals surface area (Å²) in [5.74, 6) is -0.951. The van der Waals surface area contributed by atoms with Crippen LogP contribution in [0.25, 0.3) is 0 Å². The van der Waals surface area contributed by atoms with Gasteiger partial charge >= 0.3 is 5.97 Å². The fourth-order valence-electron chi connectivity index (χ4n) is 1.43. The van der Waals surface area contributed by atoms with Crippen molar-refractivity contribution < 1.29 is 9.90 Å². The molecule has 0 radical (unpaired) electrons. The molecule has 1 N–H and O–H groups in total. The molecule has 19 heavy (non-hydrogen) atoms. The molecule has 0 amide bonds. The van der Waals surface area contributed by atoms with Crippen molar-refractivity contribution in [2.45, 2.75) is 0 Å². The van der Waals surface area contributed by atoms with Crippen LogP contribution in [0.5, 0.6) is 0 Å². The van der Waals surface area contributed by atoms with Crippen molar-refractivity contribution in [3.63, 3.8) is 0 Å². The maximum atomic E-state index is 10.7. The van der Waals surface area contributed by atoms with Gasteiger partial charge in [0.1, 0.15) is 0 Å². The highest BCUT2D eigenvalue weighted by Gasteiger charge is 2.01. The summed E-state index contributed by atoms with van der Waals surface area (Å²) >= 11 is 11.7. The van der Waals surface area contributed by atoms with Crippen molar-refractivity contribution in [3.05, 3.63) is 63.6 Å². The Morgan fingerprint density at radius 2 is 1.74 bits per heavy atom. The van der Waals surface area contributed by atoms with E-state index >= 15 is 0 Å². The quantitative estimate of drug-likeness (QED) is 0.851. The van der Waals surface area contributed by atoms with Crippen LogP contribution in [0.2, 0.25) is 10.0 Å². The molecule has 0 aliphatic carbocycles. The first-order valence-corrected chi connectivity index (χ1v) is 6.14. The SMILES string of the molecule is O=C(O)c1ccc(/C=N/c2ccc(Cl)c(Cl)c2)cc1. The van der Waals surface area contributed by atoms with Gasteiger partial charge < -0.3 is 5.11 Å². The zero-order chi connectivity index (χ0) is 13.8. The Morgan fingerprint density at radius 1 is 1.05 bits per heavy atom. The molecular formula is C14H9Cl2NO2. The number of nitrogens with zero attached hydrogens (tertiary/aromatic N) is 1. The van der Waals surface area contributed by atoms with E-state index in [1.807, 2.05) is 0 Å². The van der Waals surface area contributed by atoms with E-state index in [0.717, 1.165) is 5.56 Å². The van der Waals surface area contributed by atoms with Gasteiger partial charge in [0, 0.05) is 6.21 Å². The Morgan fingerprint density at radius 3 is 2.32 bits per heavy atom. The van der Waals surface area contributed by atoms with Gasteiger partial charge in [0.05, 0.1) is 21.3 Å². The number of carbonyl (C=O) groups is 1. The highest BCUT2D eigenvalue weighted by molar-refractivity contribution is 6.42. The Kier molecular flexibility index (Phi) is 4.20. The number of aliphatic imine (C=N–C) groups is 1. The summed E-state index contributed by atoms with van der Waals surface area (Å²) < 4.78 is 0. The van der Waals surface area contributed by atoms with Gasteiger partial charge in [-0.05, 0) is 35.9 Å². The van der Waals surface area contributed by atoms with E-state index in [2.05, 4.69) is 4.99 Å². The van der Waals surface area contributed by atoms with Crippen molar-refractivity contribution in [1.29, 1.82) is 0 Å². The molecule has 96 valence electrons. The van der Waals surface area contributed by atoms with E-state index in [1.54, 1.807) is 36.5 Å². The molecule has 0 aromatic heterocycles.